The first-order chi connectivity index (χ1) is 14.2. The highest BCUT2D eigenvalue weighted by molar-refractivity contribution is 5.87. The second kappa shape index (κ2) is 6.63. The lowest BCUT2D eigenvalue weighted by Crippen LogP contribution is -2.33. The maximum absolute atomic E-state index is 4.12. The van der Waals surface area contributed by atoms with Crippen LogP contribution in [0, 0.1) is 5.92 Å². The van der Waals surface area contributed by atoms with Crippen LogP contribution < -0.4 is 0 Å². The molecule has 0 aliphatic heterocycles. The molecule has 0 radical (unpaired) electrons. The second-order valence-corrected chi connectivity index (χ2v) is 10.4. The maximum Gasteiger partial charge on any atom is 0.204 e. The van der Waals surface area contributed by atoms with Crippen LogP contribution in [0.25, 0.3) is 23.0 Å². The second-order valence-electron chi connectivity index (χ2n) is 10.4. The fraction of sp³-hybridized carbons (Fsp3) is 0.423. The number of aromatic amines is 1. The third kappa shape index (κ3) is 3.10. The van der Waals surface area contributed by atoms with Gasteiger partial charge in [0.15, 0.2) is 0 Å². The van der Waals surface area contributed by atoms with Crippen LogP contribution in [0.2, 0.25) is 0 Å². The number of nitrogens with one attached hydrogen (secondary N) is 1. The van der Waals surface area contributed by atoms with E-state index in [0.717, 1.165) is 12.0 Å². The van der Waals surface area contributed by atoms with Crippen molar-refractivity contribution in [2.45, 2.75) is 64.7 Å². The Morgan fingerprint density at radius 3 is 2.47 bits per heavy atom. The minimum absolute atomic E-state index is 0.234. The maximum atomic E-state index is 4.12. The number of benzene rings is 2. The predicted molar refractivity (Wildman–Crippen MR) is 122 cm³/mol. The summed E-state index contributed by atoms with van der Waals surface area (Å²) in [4.78, 5) is 0. The molecule has 1 heterocycles. The smallest absolute Gasteiger partial charge is 0.177 e. The molecule has 3 aromatic rings. The molecule has 0 fully saturated rings. The molecule has 4 heteroatoms. The van der Waals surface area contributed by atoms with E-state index >= 15 is 0 Å². The molecule has 30 heavy (non-hydrogen) atoms. The van der Waals surface area contributed by atoms with Crippen molar-refractivity contribution in [3.8, 4) is 11.4 Å². The molecular formula is C26H30N4. The van der Waals surface area contributed by atoms with Gasteiger partial charge in [0.2, 0.25) is 5.82 Å². The van der Waals surface area contributed by atoms with E-state index in [-0.39, 0.29) is 10.8 Å². The Bertz CT molecular complexity index is 1140. The third-order valence-corrected chi connectivity index (χ3v) is 7.28. The van der Waals surface area contributed by atoms with Crippen molar-refractivity contribution >= 4 is 11.6 Å². The van der Waals surface area contributed by atoms with E-state index in [1.807, 2.05) is 0 Å². The number of rotatable bonds is 2. The van der Waals surface area contributed by atoms with E-state index in [2.05, 4.69) is 97.7 Å². The first-order valence-electron chi connectivity index (χ1n) is 11.0. The van der Waals surface area contributed by atoms with Gasteiger partial charge in [-0.3, -0.25) is 0 Å². The fourth-order valence-electron chi connectivity index (χ4n) is 5.27. The monoisotopic (exact) mass is 398 g/mol. The Hall–Kier alpha value is -2.75. The molecule has 154 valence electrons. The average Bonchev–Trinajstić information content (AvgIpc) is 3.34. The molecular weight excluding hydrogens is 368 g/mol. The lowest BCUT2D eigenvalue weighted by atomic mass is 9.63. The minimum Gasteiger partial charge on any atom is -0.177 e. The molecule has 1 N–H and O–H groups in total. The third-order valence-electron chi connectivity index (χ3n) is 7.28. The predicted octanol–water partition coefficient (Wildman–Crippen LogP) is 5.95. The molecule has 2 aliphatic carbocycles. The van der Waals surface area contributed by atoms with Gasteiger partial charge in [-0.05, 0) is 80.7 Å². The molecule has 1 unspecified atom stereocenters. The van der Waals surface area contributed by atoms with Crippen LogP contribution in [-0.2, 0) is 17.3 Å². The molecule has 0 bridgehead atoms. The van der Waals surface area contributed by atoms with E-state index in [1.54, 1.807) is 0 Å². The van der Waals surface area contributed by atoms with Crippen LogP contribution >= 0.6 is 0 Å². The highest BCUT2D eigenvalue weighted by atomic mass is 15.5. The molecule has 0 spiro atoms. The summed E-state index contributed by atoms with van der Waals surface area (Å²) < 4.78 is 0. The molecule has 1 aromatic heterocycles. The molecule has 0 saturated carbocycles. The van der Waals surface area contributed by atoms with Crippen LogP contribution in [0.3, 0.4) is 0 Å². The number of hydrogen-bond acceptors (Lipinski definition) is 3. The Labute approximate surface area is 178 Å². The number of H-pyrrole nitrogens is 1. The van der Waals surface area contributed by atoms with Crippen LogP contribution in [0.15, 0.2) is 36.4 Å². The Morgan fingerprint density at radius 2 is 1.73 bits per heavy atom. The van der Waals surface area contributed by atoms with Crippen molar-refractivity contribution in [1.29, 1.82) is 0 Å². The van der Waals surface area contributed by atoms with Gasteiger partial charge in [0.05, 0.1) is 0 Å². The van der Waals surface area contributed by atoms with E-state index in [0.29, 0.717) is 11.7 Å². The van der Waals surface area contributed by atoms with Crippen molar-refractivity contribution in [3.05, 3.63) is 64.2 Å². The van der Waals surface area contributed by atoms with E-state index < -0.39 is 0 Å². The van der Waals surface area contributed by atoms with Crippen LogP contribution in [0.1, 0.15) is 75.3 Å². The molecule has 4 nitrogen and oxygen atoms in total. The van der Waals surface area contributed by atoms with Crippen molar-refractivity contribution in [3.63, 3.8) is 0 Å². The van der Waals surface area contributed by atoms with Gasteiger partial charge >= 0.3 is 0 Å². The first-order valence-corrected chi connectivity index (χ1v) is 11.0. The van der Waals surface area contributed by atoms with Gasteiger partial charge in [0.25, 0.3) is 0 Å². The number of fused-ring (bicyclic) bond motifs is 2. The largest absolute Gasteiger partial charge is 0.204 e. The van der Waals surface area contributed by atoms with Crippen molar-refractivity contribution in [2.75, 3.05) is 0 Å². The molecule has 2 aliphatic rings. The Morgan fingerprint density at radius 1 is 0.967 bits per heavy atom. The molecule has 0 saturated heterocycles. The van der Waals surface area contributed by atoms with Gasteiger partial charge in [-0.1, -0.05) is 71.0 Å². The summed E-state index contributed by atoms with van der Waals surface area (Å²) in [6.45, 7) is 11.9. The van der Waals surface area contributed by atoms with Crippen LogP contribution in [0.4, 0.5) is 0 Å². The summed E-state index contributed by atoms with van der Waals surface area (Å²) in [6, 6.07) is 13.7. The van der Waals surface area contributed by atoms with Gasteiger partial charge in [-0.25, -0.2) is 0 Å². The lowest BCUT2D eigenvalue weighted by molar-refractivity contribution is 0.332. The number of tetrazole rings is 1. The summed E-state index contributed by atoms with van der Waals surface area (Å²) in [5.41, 5.74) is 10.0. The van der Waals surface area contributed by atoms with Crippen molar-refractivity contribution in [2.24, 2.45) is 5.92 Å². The highest BCUT2D eigenvalue weighted by Gasteiger charge is 2.37. The molecule has 0 amide bonds. The van der Waals surface area contributed by atoms with E-state index in [9.17, 15) is 0 Å². The Balaban J connectivity index is 1.55. The minimum atomic E-state index is 0.234. The number of aromatic nitrogens is 4. The zero-order chi connectivity index (χ0) is 21.1. The number of allylic oxidation sites excluding steroid dienone is 1. The van der Waals surface area contributed by atoms with Crippen LogP contribution in [-0.4, -0.2) is 20.6 Å². The first kappa shape index (κ1) is 19.2. The topological polar surface area (TPSA) is 54.5 Å². The van der Waals surface area contributed by atoms with Crippen molar-refractivity contribution in [1.82, 2.24) is 20.6 Å². The SMILES string of the molecule is CC1Cc2cc(-c3nn[nH]n3)ccc2C1=Cc1ccc2c(c1)C(C)(C)CCC2(C)C. The summed E-state index contributed by atoms with van der Waals surface area (Å²) in [6.07, 6.45) is 5.95. The quantitative estimate of drug-likeness (QED) is 0.580. The summed E-state index contributed by atoms with van der Waals surface area (Å²) in [5, 5.41) is 14.5. The van der Waals surface area contributed by atoms with E-state index in [4.69, 9.17) is 0 Å². The van der Waals surface area contributed by atoms with Crippen molar-refractivity contribution < 1.29 is 0 Å². The zero-order valence-electron chi connectivity index (χ0n) is 18.6. The van der Waals surface area contributed by atoms with E-state index in [1.165, 1.54) is 46.2 Å². The lowest BCUT2D eigenvalue weighted by Gasteiger charge is -2.42. The number of hydrogen-bond donors (Lipinski definition) is 1. The molecule has 1 atom stereocenters. The zero-order valence-corrected chi connectivity index (χ0v) is 18.6. The standard InChI is InChI=1S/C26H30N4/c1-16-12-19-15-18(24-27-29-30-28-24)7-8-20(19)21(16)13-17-6-9-22-23(14-17)26(4,5)11-10-25(22,2)3/h6-9,13-16H,10-12H2,1-5H3,(H,27,28,29,30). The summed E-state index contributed by atoms with van der Waals surface area (Å²) in [5.74, 6) is 1.16. The number of nitrogens with zero attached hydrogens (tertiary/aromatic N) is 3. The Kier molecular flexibility index (Phi) is 4.25. The van der Waals surface area contributed by atoms with Gasteiger partial charge in [-0.2, -0.15) is 5.21 Å². The fourth-order valence-corrected chi connectivity index (χ4v) is 5.27. The average molecular weight is 399 g/mol. The molecule has 2 aromatic carbocycles. The molecule has 5 rings (SSSR count). The normalized spacial score (nSPS) is 22.7. The highest BCUT2D eigenvalue weighted by Crippen LogP contribution is 2.46. The van der Waals surface area contributed by atoms with Crippen LogP contribution in [0.5, 0.6) is 0 Å². The summed E-state index contributed by atoms with van der Waals surface area (Å²) >= 11 is 0. The summed E-state index contributed by atoms with van der Waals surface area (Å²) in [7, 11) is 0. The van der Waals surface area contributed by atoms with Gasteiger partial charge in [0, 0.05) is 5.56 Å². The van der Waals surface area contributed by atoms with Gasteiger partial charge in [0.1, 0.15) is 0 Å². The van der Waals surface area contributed by atoms with Gasteiger partial charge < -0.3 is 0 Å². The van der Waals surface area contributed by atoms with Gasteiger partial charge in [-0.15, -0.1) is 10.2 Å².